The zero-order chi connectivity index (χ0) is 16.5. The van der Waals surface area contributed by atoms with Gasteiger partial charge in [0.2, 0.25) is 5.91 Å². The summed E-state index contributed by atoms with van der Waals surface area (Å²) in [4.78, 5) is 13.9. The average Bonchev–Trinajstić information content (AvgIpc) is 2.61. The molecule has 5 heteroatoms. The van der Waals surface area contributed by atoms with Crippen molar-refractivity contribution in [3.63, 3.8) is 0 Å². The molecule has 0 aliphatic heterocycles. The Balaban J connectivity index is 0.00000288. The van der Waals surface area contributed by atoms with E-state index in [0.29, 0.717) is 19.5 Å². The van der Waals surface area contributed by atoms with Gasteiger partial charge in [0, 0.05) is 37.4 Å². The number of para-hydroxylation sites is 1. The Kier molecular flexibility index (Phi) is 8.90. The third-order valence-electron chi connectivity index (χ3n) is 3.72. The van der Waals surface area contributed by atoms with Gasteiger partial charge in [0.05, 0.1) is 0 Å². The van der Waals surface area contributed by atoms with Crippen LogP contribution in [0.1, 0.15) is 18.9 Å². The maximum absolute atomic E-state index is 11.6. The van der Waals surface area contributed by atoms with Crippen molar-refractivity contribution in [2.45, 2.75) is 19.9 Å². The van der Waals surface area contributed by atoms with E-state index in [1.807, 2.05) is 25.2 Å². The second-order valence-corrected chi connectivity index (χ2v) is 5.38. The summed E-state index contributed by atoms with van der Waals surface area (Å²) in [6.07, 6.45) is 0.506. The van der Waals surface area contributed by atoms with E-state index in [0.717, 1.165) is 17.8 Å². The van der Waals surface area contributed by atoms with Crippen LogP contribution in [0.3, 0.4) is 0 Å². The molecule has 2 N–H and O–H groups in total. The Bertz CT molecular complexity index is 602. The largest absolute Gasteiger partial charge is 0.352 e. The van der Waals surface area contributed by atoms with Crippen molar-refractivity contribution in [2.75, 3.05) is 25.0 Å². The summed E-state index contributed by atoms with van der Waals surface area (Å²) in [5.74, 6) is 0.0721. The van der Waals surface area contributed by atoms with E-state index in [1.54, 1.807) is 0 Å². The van der Waals surface area contributed by atoms with Gasteiger partial charge in [-0.1, -0.05) is 30.3 Å². The third kappa shape index (κ3) is 5.87. The molecule has 2 aromatic carbocycles. The minimum absolute atomic E-state index is 0. The molecule has 0 aliphatic carbocycles. The standard InChI is InChI=1S/C19H25N3O.ClH/c1-3-22(17-7-5-4-6-8-17)18-11-9-16(10-12-18)15-21-19(23)13-14-20-2;/h4-12,20H,3,13-15H2,1-2H3,(H,21,23);1H. The van der Waals surface area contributed by atoms with Gasteiger partial charge in [0.25, 0.3) is 0 Å². The van der Waals surface area contributed by atoms with Gasteiger partial charge in [-0.05, 0) is 43.8 Å². The Labute approximate surface area is 150 Å². The first-order valence-corrected chi connectivity index (χ1v) is 8.07. The lowest BCUT2D eigenvalue weighted by Crippen LogP contribution is -2.26. The van der Waals surface area contributed by atoms with Gasteiger partial charge < -0.3 is 15.5 Å². The van der Waals surface area contributed by atoms with Crippen molar-refractivity contribution in [1.29, 1.82) is 0 Å². The zero-order valence-electron chi connectivity index (χ0n) is 14.3. The number of anilines is 2. The first kappa shape index (κ1) is 20.0. The Morgan fingerprint density at radius 1 is 1.00 bits per heavy atom. The number of hydrogen-bond acceptors (Lipinski definition) is 3. The van der Waals surface area contributed by atoms with Crippen LogP contribution in [0.15, 0.2) is 54.6 Å². The zero-order valence-corrected chi connectivity index (χ0v) is 15.1. The van der Waals surface area contributed by atoms with Gasteiger partial charge in [0.15, 0.2) is 0 Å². The molecule has 0 bridgehead atoms. The Hall–Kier alpha value is -2.04. The number of hydrogen-bond donors (Lipinski definition) is 2. The lowest BCUT2D eigenvalue weighted by Gasteiger charge is -2.23. The first-order valence-electron chi connectivity index (χ1n) is 8.07. The van der Waals surface area contributed by atoms with Gasteiger partial charge in [0.1, 0.15) is 0 Å². The number of carbonyl (C=O) groups excluding carboxylic acids is 1. The summed E-state index contributed by atoms with van der Waals surface area (Å²) < 4.78 is 0. The van der Waals surface area contributed by atoms with Crippen molar-refractivity contribution >= 4 is 29.7 Å². The maximum Gasteiger partial charge on any atom is 0.221 e. The SMILES string of the molecule is CCN(c1ccccc1)c1ccc(CNC(=O)CCNC)cc1.Cl. The molecule has 0 unspecified atom stereocenters. The fraction of sp³-hybridized carbons (Fsp3) is 0.316. The fourth-order valence-corrected chi connectivity index (χ4v) is 2.44. The molecule has 24 heavy (non-hydrogen) atoms. The van der Waals surface area contributed by atoms with E-state index < -0.39 is 0 Å². The summed E-state index contributed by atoms with van der Waals surface area (Å²) in [7, 11) is 1.85. The van der Waals surface area contributed by atoms with Crippen molar-refractivity contribution < 1.29 is 4.79 Å². The van der Waals surface area contributed by atoms with Gasteiger partial charge in [-0.3, -0.25) is 4.79 Å². The lowest BCUT2D eigenvalue weighted by atomic mass is 10.1. The number of nitrogens with zero attached hydrogens (tertiary/aromatic N) is 1. The molecule has 130 valence electrons. The number of carbonyl (C=O) groups is 1. The molecule has 0 atom stereocenters. The molecular weight excluding hydrogens is 322 g/mol. The highest BCUT2D eigenvalue weighted by Gasteiger charge is 2.07. The molecule has 0 fully saturated rings. The van der Waals surface area contributed by atoms with Crippen molar-refractivity contribution in [1.82, 2.24) is 10.6 Å². The highest BCUT2D eigenvalue weighted by molar-refractivity contribution is 5.85. The molecule has 0 spiro atoms. The summed E-state index contributed by atoms with van der Waals surface area (Å²) in [6.45, 7) is 4.32. The van der Waals surface area contributed by atoms with Crippen LogP contribution in [0.2, 0.25) is 0 Å². The van der Waals surface area contributed by atoms with Crippen LogP contribution in [-0.2, 0) is 11.3 Å². The number of rotatable bonds is 8. The monoisotopic (exact) mass is 347 g/mol. The summed E-state index contributed by atoms with van der Waals surface area (Å²) >= 11 is 0. The van der Waals surface area contributed by atoms with E-state index in [-0.39, 0.29) is 18.3 Å². The number of benzene rings is 2. The van der Waals surface area contributed by atoms with Crippen LogP contribution in [0.5, 0.6) is 0 Å². The van der Waals surface area contributed by atoms with Crippen LogP contribution in [0.25, 0.3) is 0 Å². The molecule has 2 rings (SSSR count). The topological polar surface area (TPSA) is 44.4 Å². The smallest absolute Gasteiger partial charge is 0.221 e. The molecule has 0 radical (unpaired) electrons. The molecule has 1 amide bonds. The van der Waals surface area contributed by atoms with Crippen molar-refractivity contribution in [2.24, 2.45) is 0 Å². The molecule has 0 saturated carbocycles. The third-order valence-corrected chi connectivity index (χ3v) is 3.72. The van der Waals surface area contributed by atoms with Crippen LogP contribution < -0.4 is 15.5 Å². The van der Waals surface area contributed by atoms with Crippen LogP contribution in [0.4, 0.5) is 11.4 Å². The van der Waals surface area contributed by atoms with E-state index in [2.05, 4.69) is 58.9 Å². The Morgan fingerprint density at radius 3 is 2.21 bits per heavy atom. The predicted molar refractivity (Wildman–Crippen MR) is 103 cm³/mol. The molecule has 0 saturated heterocycles. The van der Waals surface area contributed by atoms with Crippen LogP contribution in [-0.4, -0.2) is 26.0 Å². The van der Waals surface area contributed by atoms with Gasteiger partial charge in [-0.2, -0.15) is 0 Å². The summed E-state index contributed by atoms with van der Waals surface area (Å²) in [6, 6.07) is 18.7. The van der Waals surface area contributed by atoms with Gasteiger partial charge in [-0.15, -0.1) is 12.4 Å². The lowest BCUT2D eigenvalue weighted by molar-refractivity contribution is -0.121. The molecule has 0 aliphatic rings. The highest BCUT2D eigenvalue weighted by atomic mass is 35.5. The van der Waals surface area contributed by atoms with E-state index >= 15 is 0 Å². The number of nitrogens with one attached hydrogen (secondary N) is 2. The van der Waals surface area contributed by atoms with E-state index in [1.165, 1.54) is 5.69 Å². The van der Waals surface area contributed by atoms with Crippen molar-refractivity contribution in [3.8, 4) is 0 Å². The summed E-state index contributed by atoms with van der Waals surface area (Å²) in [5.41, 5.74) is 3.45. The molecule has 0 aromatic heterocycles. The first-order chi connectivity index (χ1) is 11.2. The Morgan fingerprint density at radius 2 is 1.62 bits per heavy atom. The fourth-order valence-electron chi connectivity index (χ4n) is 2.44. The van der Waals surface area contributed by atoms with Crippen LogP contribution >= 0.6 is 12.4 Å². The molecule has 0 heterocycles. The highest BCUT2D eigenvalue weighted by Crippen LogP contribution is 2.24. The van der Waals surface area contributed by atoms with Gasteiger partial charge in [-0.25, -0.2) is 0 Å². The minimum Gasteiger partial charge on any atom is -0.352 e. The second-order valence-electron chi connectivity index (χ2n) is 5.38. The predicted octanol–water partition coefficient (Wildman–Crippen LogP) is 3.49. The van der Waals surface area contributed by atoms with E-state index in [4.69, 9.17) is 0 Å². The second kappa shape index (κ2) is 10.7. The summed E-state index contributed by atoms with van der Waals surface area (Å²) in [5, 5.41) is 5.91. The normalized spacial score (nSPS) is 9.92. The van der Waals surface area contributed by atoms with Gasteiger partial charge >= 0.3 is 0 Å². The quantitative estimate of drug-likeness (QED) is 0.768. The molecule has 4 nitrogen and oxygen atoms in total. The van der Waals surface area contributed by atoms with Crippen LogP contribution in [0, 0.1) is 0 Å². The van der Waals surface area contributed by atoms with E-state index in [9.17, 15) is 4.79 Å². The number of halogens is 1. The van der Waals surface area contributed by atoms with Crippen molar-refractivity contribution in [3.05, 3.63) is 60.2 Å². The minimum atomic E-state index is 0. The molecular formula is C19H26ClN3O. The maximum atomic E-state index is 11.6. The molecule has 2 aromatic rings. The number of amides is 1. The average molecular weight is 348 g/mol.